The highest BCUT2D eigenvalue weighted by Gasteiger charge is 2.47. The molecule has 0 saturated carbocycles. The summed E-state index contributed by atoms with van der Waals surface area (Å²) in [7, 11) is 0. The molecule has 3 aromatic carbocycles. The minimum Gasteiger partial charge on any atom is -0.445 e. The molecule has 3 atom stereocenters. The zero-order valence-electron chi connectivity index (χ0n) is 20.7. The fraction of sp³-hybridized carbons (Fsp3) is 0.226. The van der Waals surface area contributed by atoms with Crippen molar-refractivity contribution in [3.8, 4) is 0 Å². The van der Waals surface area contributed by atoms with Gasteiger partial charge in [0.25, 0.3) is 0 Å². The summed E-state index contributed by atoms with van der Waals surface area (Å²) in [6.45, 7) is 3.89. The molecule has 3 aromatic rings. The van der Waals surface area contributed by atoms with Crippen molar-refractivity contribution in [3.05, 3.63) is 113 Å². The number of ether oxygens (including phenoxy) is 1. The Balaban J connectivity index is 1.43. The van der Waals surface area contributed by atoms with Crippen molar-refractivity contribution in [1.82, 2.24) is 0 Å². The molecule has 6 heteroatoms. The lowest BCUT2D eigenvalue weighted by molar-refractivity contribution is -0.122. The second-order valence-corrected chi connectivity index (χ2v) is 9.58. The van der Waals surface area contributed by atoms with Crippen LogP contribution in [0.1, 0.15) is 56.4 Å². The lowest BCUT2D eigenvalue weighted by Gasteiger charge is -2.19. The van der Waals surface area contributed by atoms with Crippen LogP contribution < -0.4 is 4.90 Å². The molecule has 0 bridgehead atoms. The number of nitrogens with zero attached hydrogens (tertiary/aromatic N) is 1. The highest BCUT2D eigenvalue weighted by atomic mass is 16.5. The number of ketones is 1. The molecule has 2 aliphatic rings. The monoisotopic (exact) mass is 493 g/mol. The Morgan fingerprint density at radius 1 is 0.784 bits per heavy atom. The first-order chi connectivity index (χ1) is 17.8. The van der Waals surface area contributed by atoms with Gasteiger partial charge in [-0.1, -0.05) is 60.7 Å². The van der Waals surface area contributed by atoms with E-state index in [2.05, 4.69) is 0 Å². The van der Waals surface area contributed by atoms with E-state index in [1.165, 1.54) is 11.0 Å². The summed E-state index contributed by atoms with van der Waals surface area (Å²) in [5, 5.41) is 0. The van der Waals surface area contributed by atoms with Gasteiger partial charge in [0.2, 0.25) is 17.6 Å². The number of rotatable bonds is 6. The van der Waals surface area contributed by atoms with E-state index >= 15 is 0 Å². The van der Waals surface area contributed by atoms with Crippen LogP contribution in [0.25, 0.3) is 0 Å². The number of anilines is 1. The number of benzene rings is 3. The molecule has 37 heavy (non-hydrogen) atoms. The third kappa shape index (κ3) is 4.62. The van der Waals surface area contributed by atoms with Crippen LogP contribution in [0, 0.1) is 25.7 Å². The Hall–Kier alpha value is -4.32. The fourth-order valence-electron chi connectivity index (χ4n) is 4.95. The van der Waals surface area contributed by atoms with Crippen LogP contribution >= 0.6 is 0 Å². The maximum absolute atomic E-state index is 13.5. The van der Waals surface area contributed by atoms with Crippen LogP contribution in [0.3, 0.4) is 0 Å². The smallest absolute Gasteiger partial charge is 0.339 e. The van der Waals surface area contributed by atoms with Crippen molar-refractivity contribution in [2.75, 3.05) is 4.90 Å². The summed E-state index contributed by atoms with van der Waals surface area (Å²) >= 11 is 0. The van der Waals surface area contributed by atoms with Crippen molar-refractivity contribution in [2.24, 2.45) is 11.8 Å². The molecule has 0 unspecified atom stereocenters. The largest absolute Gasteiger partial charge is 0.445 e. The number of hydrogen-bond donors (Lipinski definition) is 0. The van der Waals surface area contributed by atoms with Gasteiger partial charge < -0.3 is 4.74 Å². The number of carbonyl (C=O) groups is 4. The van der Waals surface area contributed by atoms with Gasteiger partial charge in [-0.3, -0.25) is 19.3 Å². The second kappa shape index (κ2) is 9.97. The number of aryl methyl sites for hydroxylation is 2. The number of esters is 1. The molecule has 6 nitrogen and oxygen atoms in total. The fourth-order valence-corrected chi connectivity index (χ4v) is 4.95. The maximum atomic E-state index is 13.5. The zero-order valence-corrected chi connectivity index (χ0v) is 20.7. The minimum absolute atomic E-state index is 0.153. The molecule has 1 fully saturated rings. The number of carbonyl (C=O) groups excluding carboxylic acids is 4. The summed E-state index contributed by atoms with van der Waals surface area (Å²) in [5.41, 5.74) is 3.51. The third-order valence-electron chi connectivity index (χ3n) is 7.20. The van der Waals surface area contributed by atoms with Gasteiger partial charge in [0.15, 0.2) is 6.10 Å². The predicted molar refractivity (Wildman–Crippen MR) is 139 cm³/mol. The van der Waals surface area contributed by atoms with Gasteiger partial charge in [-0.25, -0.2) is 4.79 Å². The molecule has 0 spiro atoms. The highest BCUT2D eigenvalue weighted by Crippen LogP contribution is 2.38. The van der Waals surface area contributed by atoms with Gasteiger partial charge in [0.05, 0.1) is 23.1 Å². The molecule has 2 amide bonds. The molecule has 0 radical (unpaired) electrons. The summed E-state index contributed by atoms with van der Waals surface area (Å²) in [4.78, 5) is 54.0. The van der Waals surface area contributed by atoms with E-state index < -0.39 is 12.1 Å². The van der Waals surface area contributed by atoms with E-state index in [0.717, 1.165) is 11.1 Å². The Morgan fingerprint density at radius 3 is 2.11 bits per heavy atom. The lowest BCUT2D eigenvalue weighted by Crippen LogP contribution is -2.31. The van der Waals surface area contributed by atoms with E-state index in [1.807, 2.05) is 38.1 Å². The molecule has 186 valence electrons. The zero-order chi connectivity index (χ0) is 26.1. The molecule has 5 rings (SSSR count). The third-order valence-corrected chi connectivity index (χ3v) is 7.20. The molecule has 1 saturated heterocycles. The van der Waals surface area contributed by atoms with Crippen LogP contribution in [-0.4, -0.2) is 23.6 Å². The van der Waals surface area contributed by atoms with Gasteiger partial charge >= 0.3 is 5.97 Å². The van der Waals surface area contributed by atoms with Gasteiger partial charge in [-0.2, -0.15) is 0 Å². The average Bonchev–Trinajstić information content (AvgIpc) is 3.18. The van der Waals surface area contributed by atoms with Gasteiger partial charge in [-0.15, -0.1) is 0 Å². The van der Waals surface area contributed by atoms with Crippen LogP contribution in [0.15, 0.2) is 84.9 Å². The summed E-state index contributed by atoms with van der Waals surface area (Å²) in [5.74, 6) is -2.29. The Bertz CT molecular complexity index is 1400. The summed E-state index contributed by atoms with van der Waals surface area (Å²) in [6.07, 6.45) is 3.78. The molecular formula is C31H27NO5. The highest BCUT2D eigenvalue weighted by molar-refractivity contribution is 6.22. The first-order valence-electron chi connectivity index (χ1n) is 12.4. The minimum atomic E-state index is -1.15. The number of amides is 2. The van der Waals surface area contributed by atoms with Gasteiger partial charge in [-0.05, 0) is 62.1 Å². The molecule has 0 N–H and O–H groups in total. The first-order valence-corrected chi connectivity index (χ1v) is 12.4. The SMILES string of the molecule is Cc1ccc(C(=O)[C@@H](OC(=O)c2cccc(N3C(=O)[C@H]4CC=CC[C@@H]4C3=O)c2)c2ccccc2)cc1C. The van der Waals surface area contributed by atoms with E-state index in [0.29, 0.717) is 29.7 Å². The van der Waals surface area contributed by atoms with Crippen molar-refractivity contribution in [3.63, 3.8) is 0 Å². The van der Waals surface area contributed by atoms with Crippen molar-refractivity contribution in [1.29, 1.82) is 0 Å². The molecule has 1 heterocycles. The summed E-state index contributed by atoms with van der Waals surface area (Å²) < 4.78 is 5.79. The topological polar surface area (TPSA) is 80.8 Å². The van der Waals surface area contributed by atoms with E-state index in [-0.39, 0.29) is 35.0 Å². The van der Waals surface area contributed by atoms with Crippen molar-refractivity contribution >= 4 is 29.3 Å². The number of fused-ring (bicyclic) bond motifs is 1. The standard InChI is InChI=1S/C31H27NO5/c1-19-15-16-22(17-20(19)2)27(33)28(21-9-4-3-5-10-21)37-31(36)23-11-8-12-24(18-23)32-29(34)25-13-6-7-14-26(25)30(32)35/h3-12,15-18,25-26,28H,13-14H2,1-2H3/t25-,26-,28-/m0/s1. The van der Waals surface area contributed by atoms with Gasteiger partial charge in [0, 0.05) is 11.1 Å². The Labute approximate surface area is 215 Å². The molecule has 0 aromatic heterocycles. The average molecular weight is 494 g/mol. The van der Waals surface area contributed by atoms with E-state index in [9.17, 15) is 19.2 Å². The predicted octanol–water partition coefficient (Wildman–Crippen LogP) is 5.54. The van der Waals surface area contributed by atoms with Gasteiger partial charge in [0.1, 0.15) is 0 Å². The van der Waals surface area contributed by atoms with Crippen molar-refractivity contribution < 1.29 is 23.9 Å². The first kappa shape index (κ1) is 24.4. The van der Waals surface area contributed by atoms with Crippen LogP contribution in [-0.2, 0) is 14.3 Å². The van der Waals surface area contributed by atoms with Crippen LogP contribution in [0.4, 0.5) is 5.69 Å². The van der Waals surface area contributed by atoms with Crippen LogP contribution in [0.5, 0.6) is 0 Å². The van der Waals surface area contributed by atoms with E-state index in [1.54, 1.807) is 54.6 Å². The Morgan fingerprint density at radius 2 is 1.46 bits per heavy atom. The number of allylic oxidation sites excluding steroid dienone is 2. The quantitative estimate of drug-likeness (QED) is 0.195. The second-order valence-electron chi connectivity index (χ2n) is 9.58. The molecule has 1 aliphatic heterocycles. The number of hydrogen-bond acceptors (Lipinski definition) is 5. The number of imide groups is 1. The number of Topliss-reactive ketones (excluding diaryl/α,β-unsaturated/α-hetero) is 1. The maximum Gasteiger partial charge on any atom is 0.339 e. The Kier molecular flexibility index (Phi) is 6.57. The summed E-state index contributed by atoms with van der Waals surface area (Å²) in [6, 6.07) is 20.5. The molecule has 1 aliphatic carbocycles. The molecular weight excluding hydrogens is 466 g/mol. The lowest BCUT2D eigenvalue weighted by atomic mass is 9.85. The van der Waals surface area contributed by atoms with E-state index in [4.69, 9.17) is 4.74 Å². The normalized spacial score (nSPS) is 19.5. The van der Waals surface area contributed by atoms with Crippen LogP contribution in [0.2, 0.25) is 0 Å². The van der Waals surface area contributed by atoms with Crippen molar-refractivity contribution in [2.45, 2.75) is 32.8 Å².